The summed E-state index contributed by atoms with van der Waals surface area (Å²) in [7, 11) is 0. The van der Waals surface area contributed by atoms with Gasteiger partial charge in [0.1, 0.15) is 18.2 Å². The number of fused-ring (bicyclic) bond motifs is 1. The van der Waals surface area contributed by atoms with E-state index in [1.54, 1.807) is 4.68 Å². The lowest BCUT2D eigenvalue weighted by Crippen LogP contribution is -2.38. The maximum absolute atomic E-state index is 13.2. The molecule has 4 aromatic rings. The molecule has 3 aromatic carbocycles. The van der Waals surface area contributed by atoms with Gasteiger partial charge < -0.3 is 14.8 Å². The number of hydrogen-bond acceptors (Lipinski definition) is 5. The Morgan fingerprint density at radius 1 is 0.974 bits per heavy atom. The summed E-state index contributed by atoms with van der Waals surface area (Å²) in [5.41, 5.74) is 3.48. The van der Waals surface area contributed by atoms with E-state index in [-0.39, 0.29) is 11.4 Å². The van der Waals surface area contributed by atoms with Crippen LogP contribution in [0.4, 0.5) is 16.3 Å². The summed E-state index contributed by atoms with van der Waals surface area (Å²) in [6, 6.07) is 21.4. The van der Waals surface area contributed by atoms with Crippen LogP contribution in [0.3, 0.4) is 0 Å². The number of hydrogen-bond donors (Lipinski definition) is 2. The molecular weight excluding hydrogens is 490 g/mol. The van der Waals surface area contributed by atoms with Gasteiger partial charge in [-0.2, -0.15) is 5.10 Å². The minimum atomic E-state index is -0.338. The molecule has 1 aromatic heterocycles. The van der Waals surface area contributed by atoms with E-state index in [2.05, 4.69) is 36.3 Å². The summed E-state index contributed by atoms with van der Waals surface area (Å²) < 4.78 is 13.4. The largest absolute Gasteiger partial charge is 0.492 e. The Balaban J connectivity index is 1.33. The summed E-state index contributed by atoms with van der Waals surface area (Å²) >= 11 is 0. The molecule has 0 bridgehead atoms. The highest BCUT2D eigenvalue weighted by Gasteiger charge is 2.22. The smallest absolute Gasteiger partial charge is 0.324 e. The Hall–Kier alpha value is -3.88. The number of benzene rings is 3. The van der Waals surface area contributed by atoms with Crippen LogP contribution in [-0.2, 0) is 10.2 Å². The first-order valence-corrected chi connectivity index (χ1v) is 13.5. The number of rotatable bonds is 7. The van der Waals surface area contributed by atoms with Crippen LogP contribution in [0.1, 0.15) is 32.0 Å². The highest BCUT2D eigenvalue weighted by molar-refractivity contribution is 6.07. The van der Waals surface area contributed by atoms with Gasteiger partial charge in [0.15, 0.2) is 0 Å². The third-order valence-electron chi connectivity index (χ3n) is 6.90. The standard InChI is InChI=1S/C31H37N5O3/c1-22-11-13-23(14-12-22)36-29(21-28(34-36)31(2,3)4)33-30(37)32-26-9-5-8-25-24(26)7-6-10-27(25)39-20-17-35-15-18-38-19-16-35/h5-14,21H,15-20H2,1-4H3,(H2,32,33,37). The minimum absolute atomic E-state index is 0.170. The van der Waals surface area contributed by atoms with E-state index in [0.29, 0.717) is 18.1 Å². The van der Waals surface area contributed by atoms with Gasteiger partial charge in [-0.3, -0.25) is 10.2 Å². The van der Waals surface area contributed by atoms with Crippen LogP contribution in [0, 0.1) is 6.92 Å². The first-order valence-electron chi connectivity index (χ1n) is 13.5. The summed E-state index contributed by atoms with van der Waals surface area (Å²) in [4.78, 5) is 15.6. The molecule has 1 fully saturated rings. The van der Waals surface area contributed by atoms with Crippen molar-refractivity contribution in [1.82, 2.24) is 14.7 Å². The third-order valence-corrected chi connectivity index (χ3v) is 6.90. The molecule has 8 heteroatoms. The topological polar surface area (TPSA) is 80.7 Å². The number of nitrogens with one attached hydrogen (secondary N) is 2. The summed E-state index contributed by atoms with van der Waals surface area (Å²) in [5.74, 6) is 1.41. The van der Waals surface area contributed by atoms with Crippen LogP contribution in [-0.4, -0.2) is 60.2 Å². The molecule has 1 aliphatic heterocycles. The van der Waals surface area contributed by atoms with Crippen molar-refractivity contribution in [2.24, 2.45) is 0 Å². The molecule has 1 aliphatic rings. The molecule has 0 atom stereocenters. The van der Waals surface area contributed by atoms with Crippen LogP contribution < -0.4 is 15.4 Å². The van der Waals surface area contributed by atoms with E-state index in [1.807, 2.05) is 73.7 Å². The number of nitrogens with zero attached hydrogens (tertiary/aromatic N) is 3. The highest BCUT2D eigenvalue weighted by atomic mass is 16.5. The molecule has 0 spiro atoms. The van der Waals surface area contributed by atoms with E-state index >= 15 is 0 Å². The van der Waals surface area contributed by atoms with Crippen molar-refractivity contribution >= 4 is 28.3 Å². The number of urea groups is 1. The summed E-state index contributed by atoms with van der Waals surface area (Å²) in [6.07, 6.45) is 0. The summed E-state index contributed by atoms with van der Waals surface area (Å²) in [6.45, 7) is 13.2. The second kappa shape index (κ2) is 11.5. The molecule has 1 saturated heterocycles. The van der Waals surface area contributed by atoms with Crippen molar-refractivity contribution in [3.63, 3.8) is 0 Å². The lowest BCUT2D eigenvalue weighted by molar-refractivity contribution is 0.0323. The molecule has 2 amide bonds. The third kappa shape index (κ3) is 6.41. The van der Waals surface area contributed by atoms with Crippen LogP contribution in [0.25, 0.3) is 16.5 Å². The molecule has 204 valence electrons. The van der Waals surface area contributed by atoms with Crippen molar-refractivity contribution in [3.05, 3.63) is 78.0 Å². The number of anilines is 2. The number of morpholine rings is 1. The average molecular weight is 528 g/mol. The van der Waals surface area contributed by atoms with Crippen molar-refractivity contribution < 1.29 is 14.3 Å². The molecule has 0 unspecified atom stereocenters. The van der Waals surface area contributed by atoms with Crippen molar-refractivity contribution in [2.45, 2.75) is 33.1 Å². The van der Waals surface area contributed by atoms with Crippen molar-refractivity contribution in [3.8, 4) is 11.4 Å². The van der Waals surface area contributed by atoms with Gasteiger partial charge in [0.05, 0.1) is 30.3 Å². The van der Waals surface area contributed by atoms with Crippen molar-refractivity contribution in [1.29, 1.82) is 0 Å². The fourth-order valence-electron chi connectivity index (χ4n) is 4.61. The summed E-state index contributed by atoms with van der Waals surface area (Å²) in [5, 5.41) is 12.7. The van der Waals surface area contributed by atoms with Gasteiger partial charge in [0.25, 0.3) is 0 Å². The van der Waals surface area contributed by atoms with Crippen molar-refractivity contribution in [2.75, 3.05) is 50.1 Å². The Morgan fingerprint density at radius 2 is 1.69 bits per heavy atom. The fraction of sp³-hybridized carbons (Fsp3) is 0.355. The number of amides is 2. The van der Waals surface area contributed by atoms with Gasteiger partial charge in [0, 0.05) is 41.9 Å². The average Bonchev–Trinajstić information content (AvgIpc) is 3.34. The minimum Gasteiger partial charge on any atom is -0.492 e. The second-order valence-electron chi connectivity index (χ2n) is 11.0. The second-order valence-corrected chi connectivity index (χ2v) is 11.0. The molecular formula is C31H37N5O3. The molecule has 2 N–H and O–H groups in total. The first kappa shape index (κ1) is 26.7. The zero-order chi connectivity index (χ0) is 27.4. The van der Waals surface area contributed by atoms with Gasteiger partial charge in [-0.15, -0.1) is 0 Å². The number of ether oxygens (including phenoxy) is 2. The maximum Gasteiger partial charge on any atom is 0.324 e. The first-order chi connectivity index (χ1) is 18.8. The predicted octanol–water partition coefficient (Wildman–Crippen LogP) is 5.99. The normalized spacial score (nSPS) is 14.4. The molecule has 0 aliphatic carbocycles. The van der Waals surface area contributed by atoms with Crippen LogP contribution >= 0.6 is 0 Å². The number of aryl methyl sites for hydroxylation is 1. The van der Waals surface area contributed by atoms with E-state index in [0.717, 1.165) is 66.3 Å². The number of carbonyl (C=O) groups excluding carboxylic acids is 1. The predicted molar refractivity (Wildman–Crippen MR) is 156 cm³/mol. The Labute approximate surface area is 229 Å². The van der Waals surface area contributed by atoms with Crippen LogP contribution in [0.5, 0.6) is 5.75 Å². The Morgan fingerprint density at radius 3 is 2.44 bits per heavy atom. The zero-order valence-corrected chi connectivity index (χ0v) is 23.2. The molecule has 8 nitrogen and oxygen atoms in total. The number of carbonyl (C=O) groups is 1. The van der Waals surface area contributed by atoms with Gasteiger partial charge >= 0.3 is 6.03 Å². The van der Waals surface area contributed by atoms with Crippen LogP contribution in [0.15, 0.2) is 66.7 Å². The molecule has 39 heavy (non-hydrogen) atoms. The van der Waals surface area contributed by atoms with E-state index in [9.17, 15) is 4.79 Å². The molecule has 0 saturated carbocycles. The van der Waals surface area contributed by atoms with Gasteiger partial charge in [-0.25, -0.2) is 9.48 Å². The zero-order valence-electron chi connectivity index (χ0n) is 23.2. The van der Waals surface area contributed by atoms with Crippen LogP contribution in [0.2, 0.25) is 0 Å². The monoisotopic (exact) mass is 527 g/mol. The van der Waals surface area contributed by atoms with E-state index < -0.39 is 0 Å². The fourth-order valence-corrected chi connectivity index (χ4v) is 4.61. The number of aromatic nitrogens is 2. The lowest BCUT2D eigenvalue weighted by Gasteiger charge is -2.26. The maximum atomic E-state index is 13.2. The SMILES string of the molecule is Cc1ccc(-n2nc(C(C)(C)C)cc2NC(=O)Nc2cccc3c(OCCN4CCOCC4)cccc23)cc1. The van der Waals surface area contributed by atoms with E-state index in [4.69, 9.17) is 14.6 Å². The Bertz CT molecular complexity index is 1430. The van der Waals surface area contributed by atoms with Gasteiger partial charge in [-0.05, 0) is 31.2 Å². The van der Waals surface area contributed by atoms with Gasteiger partial charge in [-0.1, -0.05) is 62.7 Å². The van der Waals surface area contributed by atoms with E-state index in [1.165, 1.54) is 0 Å². The molecule has 5 rings (SSSR count). The lowest BCUT2D eigenvalue weighted by atomic mass is 9.92. The Kier molecular flexibility index (Phi) is 7.86. The molecule has 2 heterocycles. The quantitative estimate of drug-likeness (QED) is 0.309. The van der Waals surface area contributed by atoms with Gasteiger partial charge in [0.2, 0.25) is 0 Å². The highest BCUT2D eigenvalue weighted by Crippen LogP contribution is 2.31. The molecule has 0 radical (unpaired) electrons.